The van der Waals surface area contributed by atoms with E-state index in [1.165, 1.54) is 31.4 Å². The molecule has 6 nitrogen and oxygen atoms in total. The summed E-state index contributed by atoms with van der Waals surface area (Å²) in [7, 11) is -2.89. The van der Waals surface area contributed by atoms with Crippen LogP contribution >= 0.6 is 0 Å². The van der Waals surface area contributed by atoms with E-state index in [1.807, 2.05) is 0 Å². The lowest BCUT2D eigenvalue weighted by molar-refractivity contribution is -0.140. The first-order chi connectivity index (χ1) is 9.87. The number of nitrogens with zero attached hydrogens (tertiary/aromatic N) is 1. The molecule has 0 spiro atoms. The van der Waals surface area contributed by atoms with E-state index in [-0.39, 0.29) is 18.8 Å². The number of carboxylic acid groups (broad SMARTS) is 1. The Hall–Kier alpha value is -1.93. The van der Waals surface area contributed by atoms with Crippen molar-refractivity contribution >= 4 is 16.0 Å². The summed E-state index contributed by atoms with van der Waals surface area (Å²) in [5.41, 5.74) is 0. The lowest BCUT2D eigenvalue weighted by Gasteiger charge is -2.26. The third kappa shape index (κ3) is 2.91. The Labute approximate surface area is 121 Å². The van der Waals surface area contributed by atoms with Crippen LogP contribution in [0, 0.1) is 11.7 Å². The second kappa shape index (κ2) is 5.82. The normalized spacial score (nSPS) is 19.4. The number of halogens is 1. The van der Waals surface area contributed by atoms with E-state index >= 15 is 0 Å². The summed E-state index contributed by atoms with van der Waals surface area (Å²) < 4.78 is 44.7. The minimum absolute atomic E-state index is 0.00274. The van der Waals surface area contributed by atoms with Crippen molar-refractivity contribution in [2.45, 2.75) is 4.90 Å². The van der Waals surface area contributed by atoms with Crippen LogP contribution in [0.1, 0.15) is 0 Å². The second-order valence-corrected chi connectivity index (χ2v) is 6.37. The number of sulfonamides is 1. The van der Waals surface area contributed by atoms with Gasteiger partial charge < -0.3 is 9.84 Å². The third-order valence-corrected chi connectivity index (χ3v) is 5.01. The molecule has 0 aliphatic carbocycles. The van der Waals surface area contributed by atoms with Crippen molar-refractivity contribution in [2.24, 2.45) is 5.92 Å². The molecule has 0 fully saturated rings. The van der Waals surface area contributed by atoms with Gasteiger partial charge in [-0.05, 0) is 12.1 Å². The molecule has 1 aromatic carbocycles. The number of hydrogen-bond donors (Lipinski definition) is 1. The Balaban J connectivity index is 2.39. The van der Waals surface area contributed by atoms with Gasteiger partial charge in [0.15, 0.2) is 11.6 Å². The Morgan fingerprint density at radius 1 is 1.48 bits per heavy atom. The van der Waals surface area contributed by atoms with Gasteiger partial charge in [0.25, 0.3) is 0 Å². The van der Waals surface area contributed by atoms with Gasteiger partial charge in [0.05, 0.1) is 13.0 Å². The number of methoxy groups -OCH3 is 1. The quantitative estimate of drug-likeness (QED) is 0.841. The van der Waals surface area contributed by atoms with Crippen molar-refractivity contribution in [1.29, 1.82) is 0 Å². The summed E-state index contributed by atoms with van der Waals surface area (Å²) in [5, 5.41) is 8.96. The van der Waals surface area contributed by atoms with Crippen LogP contribution in [-0.2, 0) is 14.8 Å². The van der Waals surface area contributed by atoms with E-state index in [0.29, 0.717) is 0 Å². The summed E-state index contributed by atoms with van der Waals surface area (Å²) in [5.74, 6) is -3.24. The smallest absolute Gasteiger partial charge is 0.311 e. The van der Waals surface area contributed by atoms with Gasteiger partial charge >= 0.3 is 5.97 Å². The predicted octanol–water partition coefficient (Wildman–Crippen LogP) is 1.10. The van der Waals surface area contributed by atoms with Crippen molar-refractivity contribution in [2.75, 3.05) is 20.2 Å². The monoisotopic (exact) mass is 315 g/mol. The van der Waals surface area contributed by atoms with Crippen molar-refractivity contribution in [1.82, 2.24) is 4.31 Å². The maximum absolute atomic E-state index is 14.1. The number of carbonyl (C=O) groups is 1. The average molecular weight is 315 g/mol. The van der Waals surface area contributed by atoms with E-state index in [4.69, 9.17) is 9.84 Å². The predicted molar refractivity (Wildman–Crippen MR) is 72.0 cm³/mol. The van der Waals surface area contributed by atoms with Crippen LogP contribution in [0.25, 0.3) is 0 Å². The molecule has 0 saturated heterocycles. The zero-order valence-corrected chi connectivity index (χ0v) is 12.0. The van der Waals surface area contributed by atoms with E-state index in [2.05, 4.69) is 0 Å². The lowest BCUT2D eigenvalue weighted by Crippen LogP contribution is -2.40. The third-order valence-electron chi connectivity index (χ3n) is 3.16. The van der Waals surface area contributed by atoms with Gasteiger partial charge in [0, 0.05) is 13.1 Å². The second-order valence-electron chi connectivity index (χ2n) is 4.47. The fourth-order valence-corrected chi connectivity index (χ4v) is 3.54. The van der Waals surface area contributed by atoms with Crippen LogP contribution < -0.4 is 4.74 Å². The van der Waals surface area contributed by atoms with Gasteiger partial charge in [0.1, 0.15) is 4.90 Å². The zero-order chi connectivity index (χ0) is 15.6. The van der Waals surface area contributed by atoms with Crippen molar-refractivity contribution in [3.63, 3.8) is 0 Å². The molecule has 0 radical (unpaired) electrons. The van der Waals surface area contributed by atoms with Crippen LogP contribution in [0.2, 0.25) is 0 Å². The highest BCUT2D eigenvalue weighted by Gasteiger charge is 2.33. The number of ether oxygens (including phenoxy) is 1. The molecule has 8 heteroatoms. The van der Waals surface area contributed by atoms with Gasteiger partial charge in [-0.3, -0.25) is 4.79 Å². The maximum atomic E-state index is 14.1. The number of aliphatic carboxylic acids is 1. The summed E-state index contributed by atoms with van der Waals surface area (Å²) in [6.45, 7) is -0.229. The molecule has 114 valence electrons. The molecule has 21 heavy (non-hydrogen) atoms. The molecule has 1 aromatic rings. The van der Waals surface area contributed by atoms with Crippen LogP contribution in [0.3, 0.4) is 0 Å². The Morgan fingerprint density at radius 3 is 2.81 bits per heavy atom. The summed E-state index contributed by atoms with van der Waals surface area (Å²) in [4.78, 5) is 10.4. The number of carboxylic acids is 1. The molecule has 1 aliphatic heterocycles. The minimum Gasteiger partial charge on any atom is -0.494 e. The van der Waals surface area contributed by atoms with Crippen LogP contribution in [0.5, 0.6) is 5.75 Å². The Kier molecular flexibility index (Phi) is 4.29. The number of rotatable bonds is 4. The highest BCUT2D eigenvalue weighted by atomic mass is 32.2. The van der Waals surface area contributed by atoms with E-state index in [1.54, 1.807) is 0 Å². The maximum Gasteiger partial charge on any atom is 0.311 e. The van der Waals surface area contributed by atoms with E-state index in [0.717, 1.165) is 10.4 Å². The summed E-state index contributed by atoms with van der Waals surface area (Å²) in [6, 6.07) is 3.80. The molecule has 0 aromatic heterocycles. The van der Waals surface area contributed by atoms with Crippen molar-refractivity contribution in [3.05, 3.63) is 36.2 Å². The largest absolute Gasteiger partial charge is 0.494 e. The van der Waals surface area contributed by atoms with Crippen molar-refractivity contribution < 1.29 is 27.4 Å². The Morgan fingerprint density at radius 2 is 2.19 bits per heavy atom. The average Bonchev–Trinajstić information content (AvgIpc) is 2.47. The SMILES string of the molecule is COc1cccc(S(=O)(=O)N2CC=CC(C(=O)O)C2)c1F. The number of hydrogen-bond acceptors (Lipinski definition) is 4. The molecule has 0 saturated carbocycles. The van der Waals surface area contributed by atoms with Crippen LogP contribution in [0.4, 0.5) is 4.39 Å². The Bertz CT molecular complexity index is 686. The first-order valence-electron chi connectivity index (χ1n) is 6.10. The fourth-order valence-electron chi connectivity index (χ4n) is 2.04. The molecule has 1 N–H and O–H groups in total. The van der Waals surface area contributed by atoms with Crippen LogP contribution in [0.15, 0.2) is 35.2 Å². The first-order valence-corrected chi connectivity index (χ1v) is 7.54. The highest BCUT2D eigenvalue weighted by molar-refractivity contribution is 7.89. The van der Waals surface area contributed by atoms with Gasteiger partial charge in [-0.25, -0.2) is 12.8 Å². The molecular weight excluding hydrogens is 301 g/mol. The van der Waals surface area contributed by atoms with Gasteiger partial charge in [-0.1, -0.05) is 18.2 Å². The molecule has 0 bridgehead atoms. The minimum atomic E-state index is -4.13. The first kappa shape index (κ1) is 15.5. The highest BCUT2D eigenvalue weighted by Crippen LogP contribution is 2.27. The van der Waals surface area contributed by atoms with E-state index < -0.39 is 32.6 Å². The standard InChI is InChI=1S/C13H14FNO5S/c1-20-10-5-2-6-11(12(10)14)21(18,19)15-7-3-4-9(8-15)13(16)17/h2-6,9H,7-8H2,1H3,(H,16,17). The topological polar surface area (TPSA) is 83.9 Å². The molecule has 0 amide bonds. The zero-order valence-electron chi connectivity index (χ0n) is 11.2. The summed E-state index contributed by atoms with van der Waals surface area (Å²) in [6.07, 6.45) is 2.87. The number of benzene rings is 1. The van der Waals surface area contributed by atoms with Gasteiger partial charge in [-0.15, -0.1) is 0 Å². The summed E-state index contributed by atoms with van der Waals surface area (Å²) >= 11 is 0. The lowest BCUT2D eigenvalue weighted by atomic mass is 10.1. The molecular formula is C13H14FNO5S. The molecule has 1 atom stereocenters. The molecule has 1 heterocycles. The van der Waals surface area contributed by atoms with Gasteiger partial charge in [0.2, 0.25) is 10.0 Å². The molecule has 2 rings (SSSR count). The van der Waals surface area contributed by atoms with Gasteiger partial charge in [-0.2, -0.15) is 4.31 Å². The van der Waals surface area contributed by atoms with Crippen molar-refractivity contribution in [3.8, 4) is 5.75 Å². The van der Waals surface area contributed by atoms with Crippen LogP contribution in [-0.4, -0.2) is 44.0 Å². The molecule has 1 unspecified atom stereocenters. The fraction of sp³-hybridized carbons (Fsp3) is 0.308. The van der Waals surface area contributed by atoms with E-state index in [9.17, 15) is 17.6 Å². The molecule has 1 aliphatic rings.